The maximum absolute atomic E-state index is 13.6. The van der Waals surface area contributed by atoms with Crippen molar-refractivity contribution in [3.63, 3.8) is 0 Å². The number of aryl methyl sites for hydroxylation is 1. The lowest BCUT2D eigenvalue weighted by Gasteiger charge is -2.28. The van der Waals surface area contributed by atoms with Crippen molar-refractivity contribution in [2.45, 2.75) is 33.4 Å². The summed E-state index contributed by atoms with van der Waals surface area (Å²) >= 11 is 6.30. The van der Waals surface area contributed by atoms with E-state index in [4.69, 9.17) is 21.1 Å². The van der Waals surface area contributed by atoms with Gasteiger partial charge in [0.1, 0.15) is 12.6 Å². The van der Waals surface area contributed by atoms with Crippen LogP contribution < -0.4 is 20.1 Å². The molecule has 5 rings (SSSR count). The van der Waals surface area contributed by atoms with Gasteiger partial charge in [-0.25, -0.2) is 0 Å². The van der Waals surface area contributed by atoms with Crippen LogP contribution in [0.5, 0.6) is 11.5 Å². The summed E-state index contributed by atoms with van der Waals surface area (Å²) < 4.78 is 13.6. The molecule has 0 radical (unpaired) electrons. The number of aromatic nitrogens is 4. The number of rotatable bonds is 8. The summed E-state index contributed by atoms with van der Waals surface area (Å²) in [5, 5.41) is 18.8. The summed E-state index contributed by atoms with van der Waals surface area (Å²) in [5.74, 6) is 1.28. The molecule has 4 aromatic rings. The van der Waals surface area contributed by atoms with Crippen LogP contribution >= 0.6 is 11.6 Å². The third-order valence-electron chi connectivity index (χ3n) is 6.19. The molecule has 194 valence electrons. The molecule has 0 bridgehead atoms. The van der Waals surface area contributed by atoms with Crippen molar-refractivity contribution >= 4 is 29.1 Å². The Balaban J connectivity index is 1.49. The number of nitrogens with zero attached hydrogens (tertiary/aromatic N) is 4. The maximum atomic E-state index is 13.6. The van der Waals surface area contributed by atoms with Crippen LogP contribution in [0.4, 0.5) is 11.6 Å². The number of hydrogen-bond donors (Lipinski definition) is 2. The summed E-state index contributed by atoms with van der Waals surface area (Å²) in [6.45, 7) is 6.45. The summed E-state index contributed by atoms with van der Waals surface area (Å²) in [6, 6.07) is 20.1. The van der Waals surface area contributed by atoms with E-state index < -0.39 is 6.04 Å². The molecule has 0 saturated carbocycles. The van der Waals surface area contributed by atoms with Gasteiger partial charge in [-0.15, -0.1) is 0 Å². The fourth-order valence-corrected chi connectivity index (χ4v) is 4.49. The van der Waals surface area contributed by atoms with Crippen molar-refractivity contribution in [1.82, 2.24) is 20.2 Å². The molecule has 0 saturated heterocycles. The quantitative estimate of drug-likeness (QED) is 0.308. The predicted molar refractivity (Wildman–Crippen MR) is 145 cm³/mol. The van der Waals surface area contributed by atoms with Gasteiger partial charge in [0, 0.05) is 22.0 Å². The van der Waals surface area contributed by atoms with E-state index >= 15 is 0 Å². The number of fused-ring (bicyclic) bond motifs is 1. The second-order valence-corrected chi connectivity index (χ2v) is 9.26. The standard InChI is InChI=1S/C28H27ClN6O3/c1-4-37-24-15-19(11-14-23(24)38-16-20-7-5-6-8-22(20)29)26-25(18(3)30-28-32-33-34-35(26)28)27(36)31-21-12-9-17(2)10-13-21/h5-15,26H,4,16H2,1-3H3,(H,31,36)(H,30,32,34). The summed E-state index contributed by atoms with van der Waals surface area (Å²) in [5.41, 5.74) is 4.57. The molecule has 9 nitrogen and oxygen atoms in total. The highest BCUT2D eigenvalue weighted by atomic mass is 35.5. The minimum atomic E-state index is -0.594. The van der Waals surface area contributed by atoms with Crippen molar-refractivity contribution in [3.8, 4) is 11.5 Å². The van der Waals surface area contributed by atoms with Crippen LogP contribution in [-0.2, 0) is 11.4 Å². The Morgan fingerprint density at radius 3 is 2.61 bits per heavy atom. The van der Waals surface area contributed by atoms with Gasteiger partial charge in [0.2, 0.25) is 5.95 Å². The van der Waals surface area contributed by atoms with Gasteiger partial charge in [0.15, 0.2) is 11.5 Å². The number of hydrogen-bond acceptors (Lipinski definition) is 7. The monoisotopic (exact) mass is 530 g/mol. The van der Waals surface area contributed by atoms with Crippen LogP contribution in [0.3, 0.4) is 0 Å². The molecule has 0 aliphatic carbocycles. The molecule has 2 N–H and O–H groups in total. The van der Waals surface area contributed by atoms with Crippen molar-refractivity contribution in [2.75, 3.05) is 17.2 Å². The summed E-state index contributed by atoms with van der Waals surface area (Å²) in [4.78, 5) is 13.6. The zero-order valence-corrected chi connectivity index (χ0v) is 22.0. The van der Waals surface area contributed by atoms with Crippen LogP contribution in [-0.4, -0.2) is 32.7 Å². The molecule has 0 fully saturated rings. The van der Waals surface area contributed by atoms with Crippen LogP contribution in [0.15, 0.2) is 78.0 Å². The molecule has 1 unspecified atom stereocenters. The lowest BCUT2D eigenvalue weighted by Crippen LogP contribution is -2.31. The Kier molecular flexibility index (Phi) is 7.28. The minimum absolute atomic E-state index is 0.262. The highest BCUT2D eigenvalue weighted by molar-refractivity contribution is 6.31. The first-order valence-electron chi connectivity index (χ1n) is 12.2. The van der Waals surface area contributed by atoms with E-state index in [9.17, 15) is 4.79 Å². The second kappa shape index (κ2) is 10.9. The van der Waals surface area contributed by atoms with E-state index in [2.05, 4.69) is 26.2 Å². The van der Waals surface area contributed by atoms with Crippen molar-refractivity contribution in [1.29, 1.82) is 0 Å². The normalized spacial score (nSPS) is 14.5. The number of allylic oxidation sites excluding steroid dienone is 1. The molecule has 1 atom stereocenters. The van der Waals surface area contributed by atoms with Gasteiger partial charge >= 0.3 is 0 Å². The van der Waals surface area contributed by atoms with Gasteiger partial charge in [-0.3, -0.25) is 4.79 Å². The SMILES string of the molecule is CCOc1cc(C2C(C(=O)Nc3ccc(C)cc3)=C(C)Nc3nnnn32)ccc1OCc1ccccc1Cl. The molecule has 38 heavy (non-hydrogen) atoms. The van der Waals surface area contributed by atoms with Crippen LogP contribution in [0.2, 0.25) is 5.02 Å². The van der Waals surface area contributed by atoms with Gasteiger partial charge in [-0.2, -0.15) is 4.68 Å². The third-order valence-corrected chi connectivity index (χ3v) is 6.56. The lowest BCUT2D eigenvalue weighted by atomic mass is 9.94. The number of benzene rings is 3. The fraction of sp³-hybridized carbons (Fsp3) is 0.214. The Labute approximate surface area is 225 Å². The van der Waals surface area contributed by atoms with Crippen LogP contribution in [0.1, 0.15) is 36.6 Å². The Bertz CT molecular complexity index is 1500. The number of carbonyl (C=O) groups is 1. The highest BCUT2D eigenvalue weighted by Gasteiger charge is 2.34. The molecule has 3 aromatic carbocycles. The average molecular weight is 531 g/mol. The summed E-state index contributed by atoms with van der Waals surface area (Å²) in [6.07, 6.45) is 0. The summed E-state index contributed by atoms with van der Waals surface area (Å²) in [7, 11) is 0. The van der Waals surface area contributed by atoms with Gasteiger partial charge in [0.05, 0.1) is 12.2 Å². The van der Waals surface area contributed by atoms with E-state index in [1.54, 1.807) is 4.68 Å². The van der Waals surface area contributed by atoms with Crippen molar-refractivity contribution in [3.05, 3.63) is 99.7 Å². The van der Waals surface area contributed by atoms with E-state index in [1.807, 2.05) is 87.5 Å². The number of ether oxygens (including phenoxy) is 2. The fourth-order valence-electron chi connectivity index (χ4n) is 4.30. The number of amides is 1. The highest BCUT2D eigenvalue weighted by Crippen LogP contribution is 2.39. The van der Waals surface area contributed by atoms with E-state index in [1.165, 1.54) is 0 Å². The number of carbonyl (C=O) groups excluding carboxylic acids is 1. The zero-order valence-electron chi connectivity index (χ0n) is 21.2. The molecule has 2 heterocycles. The molecule has 1 aliphatic heterocycles. The number of tetrazole rings is 1. The first-order chi connectivity index (χ1) is 18.4. The van der Waals surface area contributed by atoms with Crippen LogP contribution in [0.25, 0.3) is 0 Å². The molecule has 1 amide bonds. The largest absolute Gasteiger partial charge is 0.490 e. The lowest BCUT2D eigenvalue weighted by molar-refractivity contribution is -0.113. The minimum Gasteiger partial charge on any atom is -0.490 e. The van der Waals surface area contributed by atoms with Gasteiger partial charge in [0.25, 0.3) is 5.91 Å². The van der Waals surface area contributed by atoms with E-state index in [-0.39, 0.29) is 12.5 Å². The number of nitrogens with one attached hydrogen (secondary N) is 2. The molecule has 1 aromatic heterocycles. The Morgan fingerprint density at radius 2 is 1.84 bits per heavy atom. The zero-order chi connectivity index (χ0) is 26.6. The molecule has 10 heteroatoms. The first kappa shape index (κ1) is 25.3. The first-order valence-corrected chi connectivity index (χ1v) is 12.6. The molecule has 1 aliphatic rings. The second-order valence-electron chi connectivity index (χ2n) is 8.85. The molecular formula is C28H27ClN6O3. The van der Waals surface area contributed by atoms with Crippen LogP contribution in [0, 0.1) is 6.92 Å². The van der Waals surface area contributed by atoms with E-state index in [0.717, 1.165) is 16.7 Å². The number of anilines is 2. The number of halogens is 1. The van der Waals surface area contributed by atoms with Gasteiger partial charge in [-0.1, -0.05) is 58.7 Å². The third kappa shape index (κ3) is 5.19. The average Bonchev–Trinajstić information content (AvgIpc) is 3.37. The molecular weight excluding hydrogens is 504 g/mol. The smallest absolute Gasteiger partial charge is 0.255 e. The topological polar surface area (TPSA) is 103 Å². The Hall–Kier alpha value is -4.37. The van der Waals surface area contributed by atoms with Crippen molar-refractivity contribution in [2.24, 2.45) is 0 Å². The maximum Gasteiger partial charge on any atom is 0.255 e. The van der Waals surface area contributed by atoms with Crippen molar-refractivity contribution < 1.29 is 14.3 Å². The van der Waals surface area contributed by atoms with Gasteiger partial charge in [-0.05, 0) is 67.1 Å². The predicted octanol–water partition coefficient (Wildman–Crippen LogP) is 5.54. The van der Waals surface area contributed by atoms with Gasteiger partial charge < -0.3 is 20.1 Å². The Morgan fingerprint density at radius 1 is 1.05 bits per heavy atom. The molecule has 0 spiro atoms. The van der Waals surface area contributed by atoms with E-state index in [0.29, 0.717) is 46.0 Å².